The predicted molar refractivity (Wildman–Crippen MR) is 77.8 cm³/mol. The summed E-state index contributed by atoms with van der Waals surface area (Å²) in [5.74, 6) is 0. The number of rotatable bonds is 3. The van der Waals surface area contributed by atoms with Crippen LogP contribution in [0.3, 0.4) is 0 Å². The SMILES string of the molecule is Cl.Cl.NCC1CN(Cc2ccncc2Cl)CCO1. The summed E-state index contributed by atoms with van der Waals surface area (Å²) < 4.78 is 5.51. The van der Waals surface area contributed by atoms with Crippen LogP contribution in [0.15, 0.2) is 18.5 Å². The Balaban J connectivity index is 0.00000144. The summed E-state index contributed by atoms with van der Waals surface area (Å²) in [6.07, 6.45) is 3.59. The normalized spacial score (nSPS) is 19.8. The Labute approximate surface area is 125 Å². The Bertz CT molecular complexity index is 354. The first-order valence-corrected chi connectivity index (χ1v) is 5.80. The lowest BCUT2D eigenvalue weighted by Crippen LogP contribution is -2.45. The molecule has 1 aromatic rings. The number of halogens is 3. The molecule has 0 amide bonds. The van der Waals surface area contributed by atoms with Crippen molar-refractivity contribution in [3.63, 3.8) is 0 Å². The molecule has 0 aromatic carbocycles. The van der Waals surface area contributed by atoms with Crippen molar-refractivity contribution in [1.82, 2.24) is 9.88 Å². The van der Waals surface area contributed by atoms with Gasteiger partial charge in [-0.25, -0.2) is 0 Å². The molecule has 1 aliphatic rings. The second-order valence-corrected chi connectivity index (χ2v) is 4.34. The van der Waals surface area contributed by atoms with Crippen LogP contribution in [-0.2, 0) is 11.3 Å². The molecule has 4 nitrogen and oxygen atoms in total. The first-order chi connectivity index (χ1) is 7.79. The summed E-state index contributed by atoms with van der Waals surface area (Å²) >= 11 is 6.07. The topological polar surface area (TPSA) is 51.4 Å². The highest BCUT2D eigenvalue weighted by molar-refractivity contribution is 6.31. The fraction of sp³-hybridized carbons (Fsp3) is 0.545. The van der Waals surface area contributed by atoms with E-state index < -0.39 is 0 Å². The largest absolute Gasteiger partial charge is 0.374 e. The van der Waals surface area contributed by atoms with Crippen LogP contribution in [0, 0.1) is 0 Å². The molecule has 104 valence electrons. The van der Waals surface area contributed by atoms with Crippen LogP contribution in [0.1, 0.15) is 5.56 Å². The molecule has 7 heteroatoms. The van der Waals surface area contributed by atoms with E-state index in [0.717, 1.165) is 36.8 Å². The molecule has 0 spiro atoms. The molecule has 1 aliphatic heterocycles. The van der Waals surface area contributed by atoms with Crippen molar-refractivity contribution in [3.8, 4) is 0 Å². The average Bonchev–Trinajstić information content (AvgIpc) is 2.32. The third-order valence-corrected chi connectivity index (χ3v) is 3.08. The second kappa shape index (κ2) is 8.91. The molecular weight excluding hydrogens is 297 g/mol. The highest BCUT2D eigenvalue weighted by Gasteiger charge is 2.19. The molecule has 1 unspecified atom stereocenters. The van der Waals surface area contributed by atoms with Crippen LogP contribution in [0.25, 0.3) is 0 Å². The predicted octanol–water partition coefficient (Wildman–Crippen LogP) is 1.74. The van der Waals surface area contributed by atoms with Gasteiger partial charge in [0.05, 0.1) is 17.7 Å². The summed E-state index contributed by atoms with van der Waals surface area (Å²) in [5.41, 5.74) is 6.71. The molecular formula is C11H18Cl3N3O. The Hall–Kier alpha value is -0.100. The van der Waals surface area contributed by atoms with E-state index in [1.165, 1.54) is 0 Å². The van der Waals surface area contributed by atoms with E-state index in [0.29, 0.717) is 6.54 Å². The van der Waals surface area contributed by atoms with Gasteiger partial charge in [0, 0.05) is 38.6 Å². The van der Waals surface area contributed by atoms with Gasteiger partial charge in [-0.15, -0.1) is 24.8 Å². The average molecular weight is 315 g/mol. The molecule has 0 bridgehead atoms. The molecule has 1 saturated heterocycles. The van der Waals surface area contributed by atoms with Gasteiger partial charge in [-0.3, -0.25) is 9.88 Å². The van der Waals surface area contributed by atoms with Crippen LogP contribution < -0.4 is 5.73 Å². The van der Waals surface area contributed by atoms with E-state index >= 15 is 0 Å². The van der Waals surface area contributed by atoms with Gasteiger partial charge < -0.3 is 10.5 Å². The summed E-state index contributed by atoms with van der Waals surface area (Å²) in [6.45, 7) is 3.94. The smallest absolute Gasteiger partial charge is 0.0824 e. The summed E-state index contributed by atoms with van der Waals surface area (Å²) in [7, 11) is 0. The molecule has 2 rings (SSSR count). The maximum atomic E-state index is 6.07. The molecule has 1 fully saturated rings. The van der Waals surface area contributed by atoms with E-state index in [-0.39, 0.29) is 30.9 Å². The van der Waals surface area contributed by atoms with Crippen molar-refractivity contribution in [3.05, 3.63) is 29.0 Å². The third kappa shape index (κ3) is 4.88. The molecule has 0 radical (unpaired) electrons. The number of pyridine rings is 1. The van der Waals surface area contributed by atoms with Crippen LogP contribution in [0.4, 0.5) is 0 Å². The van der Waals surface area contributed by atoms with Crippen molar-refractivity contribution in [2.75, 3.05) is 26.2 Å². The van der Waals surface area contributed by atoms with E-state index in [9.17, 15) is 0 Å². The molecule has 0 aliphatic carbocycles. The summed E-state index contributed by atoms with van der Waals surface area (Å²) in [4.78, 5) is 6.28. The minimum atomic E-state index is 0. The van der Waals surface area contributed by atoms with Crippen molar-refractivity contribution in [2.45, 2.75) is 12.6 Å². The van der Waals surface area contributed by atoms with Crippen LogP contribution in [0.5, 0.6) is 0 Å². The molecule has 2 N–H and O–H groups in total. The van der Waals surface area contributed by atoms with Gasteiger partial charge >= 0.3 is 0 Å². The number of morpholine rings is 1. The quantitative estimate of drug-likeness (QED) is 0.923. The Morgan fingerprint density at radius 2 is 2.28 bits per heavy atom. The Kier molecular flexibility index (Phi) is 8.86. The van der Waals surface area contributed by atoms with Gasteiger partial charge in [0.2, 0.25) is 0 Å². The molecule has 2 heterocycles. The lowest BCUT2D eigenvalue weighted by Gasteiger charge is -2.32. The number of aromatic nitrogens is 1. The minimum Gasteiger partial charge on any atom is -0.374 e. The van der Waals surface area contributed by atoms with Gasteiger partial charge in [0.1, 0.15) is 0 Å². The molecule has 1 atom stereocenters. The van der Waals surface area contributed by atoms with Crippen LogP contribution in [-0.4, -0.2) is 42.2 Å². The maximum absolute atomic E-state index is 6.07. The van der Waals surface area contributed by atoms with Crippen molar-refractivity contribution < 1.29 is 4.74 Å². The van der Waals surface area contributed by atoms with Crippen LogP contribution >= 0.6 is 36.4 Å². The number of nitrogens with two attached hydrogens (primary N) is 1. The molecule has 0 saturated carbocycles. The standard InChI is InChI=1S/C11H16ClN3O.2ClH/c12-11-6-14-2-1-9(11)7-15-3-4-16-10(5-13)8-15;;/h1-2,6,10H,3-5,7-8,13H2;2*1H. The zero-order valence-corrected chi connectivity index (χ0v) is 12.3. The maximum Gasteiger partial charge on any atom is 0.0824 e. The fourth-order valence-electron chi connectivity index (χ4n) is 1.84. The number of ether oxygens (including phenoxy) is 1. The van der Waals surface area contributed by atoms with Crippen molar-refractivity contribution >= 4 is 36.4 Å². The van der Waals surface area contributed by atoms with Crippen molar-refractivity contribution in [2.24, 2.45) is 5.73 Å². The van der Waals surface area contributed by atoms with E-state index in [4.69, 9.17) is 22.1 Å². The minimum absolute atomic E-state index is 0. The fourth-order valence-corrected chi connectivity index (χ4v) is 2.02. The van der Waals surface area contributed by atoms with Gasteiger partial charge in [0.15, 0.2) is 0 Å². The zero-order chi connectivity index (χ0) is 11.4. The number of hydrogen-bond acceptors (Lipinski definition) is 4. The lowest BCUT2D eigenvalue weighted by molar-refractivity contribution is -0.0260. The third-order valence-electron chi connectivity index (χ3n) is 2.74. The van der Waals surface area contributed by atoms with Gasteiger partial charge in [0.25, 0.3) is 0 Å². The number of hydrogen-bond donors (Lipinski definition) is 1. The highest BCUT2D eigenvalue weighted by Crippen LogP contribution is 2.17. The van der Waals surface area contributed by atoms with E-state index in [1.807, 2.05) is 6.07 Å². The van der Waals surface area contributed by atoms with Gasteiger partial charge in [-0.05, 0) is 11.6 Å². The second-order valence-electron chi connectivity index (χ2n) is 3.93. The summed E-state index contributed by atoms with van der Waals surface area (Å²) in [6, 6.07) is 1.95. The Morgan fingerprint density at radius 1 is 1.50 bits per heavy atom. The molecule has 18 heavy (non-hydrogen) atoms. The van der Waals surface area contributed by atoms with E-state index in [2.05, 4.69) is 9.88 Å². The van der Waals surface area contributed by atoms with Gasteiger partial charge in [-0.1, -0.05) is 11.6 Å². The highest BCUT2D eigenvalue weighted by atomic mass is 35.5. The first-order valence-electron chi connectivity index (χ1n) is 5.42. The van der Waals surface area contributed by atoms with Gasteiger partial charge in [-0.2, -0.15) is 0 Å². The summed E-state index contributed by atoms with van der Waals surface area (Å²) in [5, 5.41) is 0.721. The van der Waals surface area contributed by atoms with Crippen molar-refractivity contribution in [1.29, 1.82) is 0 Å². The molecule has 1 aromatic heterocycles. The monoisotopic (exact) mass is 313 g/mol. The van der Waals surface area contributed by atoms with Crippen LogP contribution in [0.2, 0.25) is 5.02 Å². The lowest BCUT2D eigenvalue weighted by atomic mass is 10.2. The van der Waals surface area contributed by atoms with E-state index in [1.54, 1.807) is 12.4 Å². The Morgan fingerprint density at radius 3 is 2.94 bits per heavy atom. The number of nitrogens with zero attached hydrogens (tertiary/aromatic N) is 2. The first kappa shape index (κ1) is 17.9. The zero-order valence-electron chi connectivity index (χ0n) is 9.92.